The number of aromatic nitrogens is 1. The van der Waals surface area contributed by atoms with E-state index in [0.29, 0.717) is 30.5 Å². The third-order valence-electron chi connectivity index (χ3n) is 2.68. The first-order valence-electron chi connectivity index (χ1n) is 5.68. The molecule has 92 valence electrons. The van der Waals surface area contributed by atoms with Crippen molar-refractivity contribution in [2.45, 2.75) is 12.8 Å². The van der Waals surface area contributed by atoms with Gasteiger partial charge in [-0.25, -0.2) is 0 Å². The minimum atomic E-state index is -0.255. The van der Waals surface area contributed by atoms with E-state index < -0.39 is 0 Å². The van der Waals surface area contributed by atoms with Crippen molar-refractivity contribution in [2.75, 3.05) is 25.6 Å². The molecule has 5 nitrogen and oxygen atoms in total. The quantitative estimate of drug-likeness (QED) is 0.782. The number of carbonyl (C=O) groups excluding carboxylic acids is 1. The van der Waals surface area contributed by atoms with Gasteiger partial charge in [-0.05, 0) is 18.6 Å². The zero-order valence-corrected chi connectivity index (χ0v) is 9.59. The Hall–Kier alpha value is -1.62. The molecule has 0 amide bonds. The molecular formula is C12H16N2O3. The number of pyridine rings is 1. The van der Waals surface area contributed by atoms with Crippen LogP contribution in [0.4, 0.5) is 5.69 Å². The molecule has 0 spiro atoms. The highest BCUT2D eigenvalue weighted by Gasteiger charge is 2.17. The van der Waals surface area contributed by atoms with Gasteiger partial charge in [0.1, 0.15) is 0 Å². The van der Waals surface area contributed by atoms with Crippen LogP contribution >= 0.6 is 0 Å². The van der Waals surface area contributed by atoms with Crippen molar-refractivity contribution in [1.29, 1.82) is 0 Å². The van der Waals surface area contributed by atoms with E-state index in [1.54, 1.807) is 12.1 Å². The summed E-state index contributed by atoms with van der Waals surface area (Å²) in [5.74, 6) is 0.0903. The number of esters is 1. The van der Waals surface area contributed by atoms with Crippen molar-refractivity contribution in [2.24, 2.45) is 5.92 Å². The number of anilines is 1. The van der Waals surface area contributed by atoms with Gasteiger partial charge in [0, 0.05) is 12.5 Å². The lowest BCUT2D eigenvalue weighted by atomic mass is 10.1. The molecule has 2 rings (SSSR count). The van der Waals surface area contributed by atoms with Gasteiger partial charge in [0.2, 0.25) is 0 Å². The molecule has 0 aliphatic carbocycles. The van der Waals surface area contributed by atoms with Gasteiger partial charge in [-0.1, -0.05) is 0 Å². The van der Waals surface area contributed by atoms with E-state index in [-0.39, 0.29) is 12.4 Å². The molecule has 1 aromatic heterocycles. The SMILES string of the molecule is Nc1ccc(CC(=O)OCC2CCOC2)nc1. The first-order valence-corrected chi connectivity index (χ1v) is 5.68. The van der Waals surface area contributed by atoms with Gasteiger partial charge < -0.3 is 15.2 Å². The van der Waals surface area contributed by atoms with Crippen molar-refractivity contribution in [3.63, 3.8) is 0 Å². The van der Waals surface area contributed by atoms with Crippen molar-refractivity contribution >= 4 is 11.7 Å². The van der Waals surface area contributed by atoms with Crippen LogP contribution in [-0.4, -0.2) is 30.8 Å². The van der Waals surface area contributed by atoms with Gasteiger partial charge in [-0.2, -0.15) is 0 Å². The van der Waals surface area contributed by atoms with E-state index in [4.69, 9.17) is 15.2 Å². The lowest BCUT2D eigenvalue weighted by Crippen LogP contribution is -2.16. The van der Waals surface area contributed by atoms with E-state index in [0.717, 1.165) is 13.0 Å². The van der Waals surface area contributed by atoms with Crippen LogP contribution in [0.1, 0.15) is 12.1 Å². The predicted molar refractivity (Wildman–Crippen MR) is 62.2 cm³/mol. The third-order valence-corrected chi connectivity index (χ3v) is 2.68. The minimum absolute atomic E-state index is 0.188. The Morgan fingerprint density at radius 2 is 2.47 bits per heavy atom. The van der Waals surface area contributed by atoms with Gasteiger partial charge in [-0.15, -0.1) is 0 Å². The van der Waals surface area contributed by atoms with E-state index in [9.17, 15) is 4.79 Å². The first kappa shape index (κ1) is 11.9. The maximum Gasteiger partial charge on any atom is 0.311 e. The van der Waals surface area contributed by atoms with Crippen LogP contribution in [-0.2, 0) is 20.7 Å². The van der Waals surface area contributed by atoms with E-state index in [2.05, 4.69) is 4.98 Å². The fraction of sp³-hybridized carbons (Fsp3) is 0.500. The molecule has 0 saturated carbocycles. The molecule has 0 aromatic carbocycles. The second-order valence-electron chi connectivity index (χ2n) is 4.17. The van der Waals surface area contributed by atoms with Crippen LogP contribution in [0, 0.1) is 5.92 Å². The van der Waals surface area contributed by atoms with Gasteiger partial charge in [0.05, 0.1) is 37.2 Å². The Morgan fingerprint density at radius 1 is 1.59 bits per heavy atom. The monoisotopic (exact) mass is 236 g/mol. The standard InChI is InChI=1S/C12H16N2O3/c13-10-1-2-11(14-6-10)5-12(15)17-8-9-3-4-16-7-9/h1-2,6,9H,3-5,7-8,13H2. The van der Waals surface area contributed by atoms with Crippen LogP contribution in [0.25, 0.3) is 0 Å². The zero-order valence-electron chi connectivity index (χ0n) is 9.59. The van der Waals surface area contributed by atoms with Crippen LogP contribution in [0.15, 0.2) is 18.3 Å². The summed E-state index contributed by atoms with van der Waals surface area (Å²) in [6, 6.07) is 3.45. The maximum absolute atomic E-state index is 11.5. The van der Waals surface area contributed by atoms with Gasteiger partial charge in [-0.3, -0.25) is 9.78 Å². The van der Waals surface area contributed by atoms with Crippen LogP contribution in [0.3, 0.4) is 0 Å². The number of nitrogens with two attached hydrogens (primary N) is 1. The molecule has 2 N–H and O–H groups in total. The molecular weight excluding hydrogens is 220 g/mol. The fourth-order valence-electron chi connectivity index (χ4n) is 1.66. The minimum Gasteiger partial charge on any atom is -0.465 e. The van der Waals surface area contributed by atoms with Crippen molar-refractivity contribution in [1.82, 2.24) is 4.98 Å². The second-order valence-corrected chi connectivity index (χ2v) is 4.17. The topological polar surface area (TPSA) is 74.4 Å². The molecule has 1 unspecified atom stereocenters. The number of nitrogen functional groups attached to an aromatic ring is 1. The highest BCUT2D eigenvalue weighted by Crippen LogP contribution is 2.12. The van der Waals surface area contributed by atoms with Crippen LogP contribution < -0.4 is 5.73 Å². The third kappa shape index (κ3) is 3.71. The van der Waals surface area contributed by atoms with Crippen molar-refractivity contribution in [3.05, 3.63) is 24.0 Å². The lowest BCUT2D eigenvalue weighted by molar-refractivity contribution is -0.144. The number of nitrogens with zero attached hydrogens (tertiary/aromatic N) is 1. The Morgan fingerprint density at radius 3 is 3.12 bits per heavy atom. The second kappa shape index (κ2) is 5.63. The average molecular weight is 236 g/mol. The molecule has 0 bridgehead atoms. The van der Waals surface area contributed by atoms with E-state index >= 15 is 0 Å². The number of carbonyl (C=O) groups is 1. The highest BCUT2D eigenvalue weighted by atomic mass is 16.5. The average Bonchev–Trinajstić information content (AvgIpc) is 2.83. The molecule has 1 atom stereocenters. The lowest BCUT2D eigenvalue weighted by Gasteiger charge is -2.08. The molecule has 0 radical (unpaired) electrons. The normalized spacial score (nSPS) is 19.2. The summed E-state index contributed by atoms with van der Waals surface area (Å²) in [7, 11) is 0. The number of rotatable bonds is 4. The van der Waals surface area contributed by atoms with E-state index in [1.165, 1.54) is 6.20 Å². The van der Waals surface area contributed by atoms with Crippen LogP contribution in [0.5, 0.6) is 0 Å². The maximum atomic E-state index is 11.5. The molecule has 1 aromatic rings. The highest BCUT2D eigenvalue weighted by molar-refractivity contribution is 5.72. The summed E-state index contributed by atoms with van der Waals surface area (Å²) >= 11 is 0. The van der Waals surface area contributed by atoms with Crippen molar-refractivity contribution < 1.29 is 14.3 Å². The fourth-order valence-corrected chi connectivity index (χ4v) is 1.66. The molecule has 17 heavy (non-hydrogen) atoms. The van der Waals surface area contributed by atoms with Gasteiger partial charge >= 0.3 is 5.97 Å². The Kier molecular flexibility index (Phi) is 3.93. The molecule has 1 aliphatic heterocycles. The summed E-state index contributed by atoms with van der Waals surface area (Å²) in [6.45, 7) is 1.89. The number of ether oxygens (including phenoxy) is 2. The molecule has 1 saturated heterocycles. The molecule has 2 heterocycles. The number of hydrogen-bond acceptors (Lipinski definition) is 5. The molecule has 5 heteroatoms. The van der Waals surface area contributed by atoms with Crippen molar-refractivity contribution in [3.8, 4) is 0 Å². The zero-order chi connectivity index (χ0) is 12.1. The summed E-state index contributed by atoms with van der Waals surface area (Å²) in [5.41, 5.74) is 6.77. The summed E-state index contributed by atoms with van der Waals surface area (Å²) in [6.07, 6.45) is 2.69. The predicted octanol–water partition coefficient (Wildman–Crippen LogP) is 0.786. The summed E-state index contributed by atoms with van der Waals surface area (Å²) in [4.78, 5) is 15.6. The first-order chi connectivity index (χ1) is 8.24. The Bertz CT molecular complexity index is 372. The van der Waals surface area contributed by atoms with E-state index in [1.807, 2.05) is 0 Å². The largest absolute Gasteiger partial charge is 0.465 e. The Labute approximate surface area is 99.9 Å². The summed E-state index contributed by atoms with van der Waals surface area (Å²) in [5, 5.41) is 0. The summed E-state index contributed by atoms with van der Waals surface area (Å²) < 4.78 is 10.4. The van der Waals surface area contributed by atoms with Crippen LogP contribution in [0.2, 0.25) is 0 Å². The smallest absolute Gasteiger partial charge is 0.311 e. The molecule has 1 fully saturated rings. The van der Waals surface area contributed by atoms with Gasteiger partial charge in [0.15, 0.2) is 0 Å². The van der Waals surface area contributed by atoms with Gasteiger partial charge in [0.25, 0.3) is 0 Å². The number of hydrogen-bond donors (Lipinski definition) is 1. The molecule has 1 aliphatic rings. The Balaban J connectivity index is 1.74.